The molecule has 2 N–H and O–H groups in total. The molecule has 2 aromatic rings. The minimum absolute atomic E-state index is 0.107. The quantitative estimate of drug-likeness (QED) is 0.896. The van der Waals surface area contributed by atoms with Gasteiger partial charge < -0.3 is 14.8 Å². The first kappa shape index (κ1) is 16.2. The van der Waals surface area contributed by atoms with Gasteiger partial charge in [0.05, 0.1) is 12.1 Å². The van der Waals surface area contributed by atoms with E-state index in [1.807, 2.05) is 24.3 Å². The number of carboxylic acids is 1. The van der Waals surface area contributed by atoms with Crippen LogP contribution >= 0.6 is 0 Å². The second-order valence-electron chi connectivity index (χ2n) is 6.21. The summed E-state index contributed by atoms with van der Waals surface area (Å²) in [6, 6.07) is 7.33. The number of aromatic nitrogens is 1. The van der Waals surface area contributed by atoms with Gasteiger partial charge in [-0.1, -0.05) is 6.42 Å². The summed E-state index contributed by atoms with van der Waals surface area (Å²) in [5.41, 5.74) is 1.58. The summed E-state index contributed by atoms with van der Waals surface area (Å²) in [4.78, 5) is 27.5. The standard InChI is InChI=1S/C18H20N2O4/c1-11-19-10-16(24-11)12-5-7-15(8-6-12)20-17(21)13-3-2-4-14(9-13)18(22)23/h5-8,10,13-14H,2-4,9H2,1H3,(H,20,21)(H,22,23). The van der Waals surface area contributed by atoms with Gasteiger partial charge in [-0.25, -0.2) is 4.98 Å². The fourth-order valence-electron chi connectivity index (χ4n) is 3.11. The van der Waals surface area contributed by atoms with Crippen molar-refractivity contribution in [2.75, 3.05) is 5.32 Å². The zero-order valence-electron chi connectivity index (χ0n) is 13.5. The molecule has 1 aliphatic rings. The maximum atomic E-state index is 12.4. The fourth-order valence-corrected chi connectivity index (χ4v) is 3.11. The Kier molecular flexibility index (Phi) is 4.64. The maximum absolute atomic E-state index is 12.4. The highest BCUT2D eigenvalue weighted by atomic mass is 16.4. The highest BCUT2D eigenvalue weighted by molar-refractivity contribution is 5.93. The Morgan fingerprint density at radius 3 is 2.54 bits per heavy atom. The van der Waals surface area contributed by atoms with Crippen LogP contribution in [0, 0.1) is 18.8 Å². The minimum atomic E-state index is -0.806. The number of amides is 1. The summed E-state index contributed by atoms with van der Waals surface area (Å²) in [6.45, 7) is 1.78. The first-order valence-electron chi connectivity index (χ1n) is 8.09. The normalized spacial score (nSPS) is 20.5. The summed E-state index contributed by atoms with van der Waals surface area (Å²) in [6.07, 6.45) is 4.25. The molecule has 0 spiro atoms. The number of benzene rings is 1. The number of aryl methyl sites for hydroxylation is 1. The van der Waals surface area contributed by atoms with E-state index in [2.05, 4.69) is 10.3 Å². The zero-order chi connectivity index (χ0) is 17.1. The summed E-state index contributed by atoms with van der Waals surface area (Å²) in [7, 11) is 0. The van der Waals surface area contributed by atoms with Gasteiger partial charge >= 0.3 is 5.97 Å². The van der Waals surface area contributed by atoms with E-state index in [0.717, 1.165) is 18.4 Å². The SMILES string of the molecule is Cc1ncc(-c2ccc(NC(=O)C3CCCC(C(=O)O)C3)cc2)o1. The lowest BCUT2D eigenvalue weighted by Gasteiger charge is -2.25. The molecule has 3 rings (SSSR count). The average Bonchev–Trinajstić information content (AvgIpc) is 3.02. The molecule has 1 aromatic heterocycles. The third-order valence-corrected chi connectivity index (χ3v) is 4.45. The summed E-state index contributed by atoms with van der Waals surface area (Å²) >= 11 is 0. The lowest BCUT2D eigenvalue weighted by Crippen LogP contribution is -2.30. The Labute approximate surface area is 139 Å². The summed E-state index contributed by atoms with van der Waals surface area (Å²) in [5.74, 6) is -0.277. The third-order valence-electron chi connectivity index (χ3n) is 4.45. The highest BCUT2D eigenvalue weighted by Crippen LogP contribution is 2.30. The van der Waals surface area contributed by atoms with Crippen LogP contribution in [0.3, 0.4) is 0 Å². The second kappa shape index (κ2) is 6.86. The van der Waals surface area contributed by atoms with E-state index < -0.39 is 11.9 Å². The number of carbonyl (C=O) groups excluding carboxylic acids is 1. The van der Waals surface area contributed by atoms with Gasteiger partial charge in [-0.2, -0.15) is 0 Å². The molecule has 2 unspecified atom stereocenters. The van der Waals surface area contributed by atoms with E-state index in [1.165, 1.54) is 0 Å². The monoisotopic (exact) mass is 328 g/mol. The molecule has 1 fully saturated rings. The van der Waals surface area contributed by atoms with E-state index in [0.29, 0.717) is 30.2 Å². The van der Waals surface area contributed by atoms with Crippen LogP contribution in [0.1, 0.15) is 31.6 Å². The molecule has 1 saturated carbocycles. The van der Waals surface area contributed by atoms with Crippen molar-refractivity contribution in [1.82, 2.24) is 4.98 Å². The van der Waals surface area contributed by atoms with Gasteiger partial charge in [-0.05, 0) is 43.5 Å². The Balaban J connectivity index is 1.63. The molecule has 24 heavy (non-hydrogen) atoms. The minimum Gasteiger partial charge on any atom is -0.481 e. The van der Waals surface area contributed by atoms with E-state index in [9.17, 15) is 9.59 Å². The van der Waals surface area contributed by atoms with Crippen molar-refractivity contribution in [2.24, 2.45) is 11.8 Å². The van der Waals surface area contributed by atoms with Crippen molar-refractivity contribution in [3.05, 3.63) is 36.4 Å². The van der Waals surface area contributed by atoms with Crippen molar-refractivity contribution in [3.8, 4) is 11.3 Å². The molecule has 0 radical (unpaired) electrons. The van der Waals surface area contributed by atoms with Crippen LogP contribution in [0.5, 0.6) is 0 Å². The van der Waals surface area contributed by atoms with Crippen molar-refractivity contribution in [3.63, 3.8) is 0 Å². The van der Waals surface area contributed by atoms with Crippen LogP contribution < -0.4 is 5.32 Å². The number of aliphatic carboxylic acids is 1. The third kappa shape index (κ3) is 3.64. The Morgan fingerprint density at radius 1 is 1.21 bits per heavy atom. The molecular formula is C18H20N2O4. The zero-order valence-corrected chi connectivity index (χ0v) is 13.5. The smallest absolute Gasteiger partial charge is 0.306 e. The Bertz CT molecular complexity index is 736. The number of nitrogens with one attached hydrogen (secondary N) is 1. The van der Waals surface area contributed by atoms with Gasteiger partial charge in [0, 0.05) is 24.1 Å². The molecule has 6 heteroatoms. The molecule has 6 nitrogen and oxygen atoms in total. The number of nitrogens with zero attached hydrogens (tertiary/aromatic N) is 1. The average molecular weight is 328 g/mol. The van der Waals surface area contributed by atoms with E-state index >= 15 is 0 Å². The summed E-state index contributed by atoms with van der Waals surface area (Å²) in [5, 5.41) is 12.0. The first-order valence-corrected chi connectivity index (χ1v) is 8.09. The van der Waals surface area contributed by atoms with Crippen LogP contribution in [0.4, 0.5) is 5.69 Å². The van der Waals surface area contributed by atoms with E-state index in [-0.39, 0.29) is 11.8 Å². The summed E-state index contributed by atoms with van der Waals surface area (Å²) < 4.78 is 5.47. The largest absolute Gasteiger partial charge is 0.481 e. The number of carboxylic acid groups (broad SMARTS) is 1. The predicted molar refractivity (Wildman–Crippen MR) is 88.4 cm³/mol. The van der Waals surface area contributed by atoms with Crippen LogP contribution in [-0.4, -0.2) is 22.0 Å². The van der Waals surface area contributed by atoms with Crippen LogP contribution in [0.15, 0.2) is 34.9 Å². The van der Waals surface area contributed by atoms with Gasteiger partial charge in [0.1, 0.15) is 0 Å². The molecule has 1 aliphatic carbocycles. The van der Waals surface area contributed by atoms with E-state index in [1.54, 1.807) is 13.1 Å². The molecule has 0 bridgehead atoms. The van der Waals surface area contributed by atoms with Crippen molar-refractivity contribution < 1.29 is 19.1 Å². The predicted octanol–water partition coefficient (Wildman–Crippen LogP) is 3.48. The topological polar surface area (TPSA) is 92.4 Å². The second-order valence-corrected chi connectivity index (χ2v) is 6.21. The highest BCUT2D eigenvalue weighted by Gasteiger charge is 2.31. The lowest BCUT2D eigenvalue weighted by atomic mass is 9.81. The van der Waals surface area contributed by atoms with Gasteiger partial charge in [-0.3, -0.25) is 9.59 Å². The number of rotatable bonds is 4. The first-order chi connectivity index (χ1) is 11.5. The van der Waals surface area contributed by atoms with Gasteiger partial charge in [0.2, 0.25) is 5.91 Å². The van der Waals surface area contributed by atoms with Crippen LogP contribution in [0.25, 0.3) is 11.3 Å². The molecule has 1 amide bonds. The molecule has 126 valence electrons. The number of anilines is 1. The number of hydrogen-bond acceptors (Lipinski definition) is 4. The molecule has 1 heterocycles. The lowest BCUT2D eigenvalue weighted by molar-refractivity contribution is -0.143. The van der Waals surface area contributed by atoms with Crippen LogP contribution in [-0.2, 0) is 9.59 Å². The van der Waals surface area contributed by atoms with Crippen molar-refractivity contribution >= 4 is 17.6 Å². The molecule has 0 saturated heterocycles. The maximum Gasteiger partial charge on any atom is 0.306 e. The Hall–Kier alpha value is -2.63. The molecular weight excluding hydrogens is 308 g/mol. The number of hydrogen-bond donors (Lipinski definition) is 2. The van der Waals surface area contributed by atoms with Crippen molar-refractivity contribution in [1.29, 1.82) is 0 Å². The number of oxazole rings is 1. The molecule has 2 atom stereocenters. The fraction of sp³-hybridized carbons (Fsp3) is 0.389. The number of carbonyl (C=O) groups is 2. The van der Waals surface area contributed by atoms with Crippen LogP contribution in [0.2, 0.25) is 0 Å². The van der Waals surface area contributed by atoms with Gasteiger partial charge in [0.15, 0.2) is 11.7 Å². The van der Waals surface area contributed by atoms with Gasteiger partial charge in [0.25, 0.3) is 0 Å². The molecule has 1 aromatic carbocycles. The Morgan fingerprint density at radius 2 is 1.92 bits per heavy atom. The van der Waals surface area contributed by atoms with E-state index in [4.69, 9.17) is 9.52 Å². The van der Waals surface area contributed by atoms with Crippen molar-refractivity contribution in [2.45, 2.75) is 32.6 Å². The van der Waals surface area contributed by atoms with Gasteiger partial charge in [-0.15, -0.1) is 0 Å². The molecule has 0 aliphatic heterocycles.